The maximum absolute atomic E-state index is 11.3. The zero-order valence-electron chi connectivity index (χ0n) is 11.0. The Balaban J connectivity index is 2.51. The summed E-state index contributed by atoms with van der Waals surface area (Å²) in [4.78, 5) is 10.4. The van der Waals surface area contributed by atoms with Crippen LogP contribution in [0, 0.1) is 10.1 Å². The van der Waals surface area contributed by atoms with E-state index in [1.54, 1.807) is 30.3 Å². The molecule has 0 amide bonds. The fraction of sp³-hybridized carbons (Fsp3) is 0.0769. The Kier molecular flexibility index (Phi) is 4.08. The van der Waals surface area contributed by atoms with Crippen LogP contribution in [0.25, 0.3) is 0 Å². The van der Waals surface area contributed by atoms with Gasteiger partial charge in [-0.25, -0.2) is 8.42 Å². The smallest absolute Gasteiger partial charge is 0.313 e. The second kappa shape index (κ2) is 5.80. The molecular weight excluding hydrogens is 296 g/mol. The molecule has 2 aromatic rings. The number of nitro groups is 1. The van der Waals surface area contributed by atoms with Crippen LogP contribution >= 0.6 is 0 Å². The van der Waals surface area contributed by atoms with Gasteiger partial charge >= 0.3 is 5.69 Å². The van der Waals surface area contributed by atoms with Gasteiger partial charge in [0.05, 0.1) is 16.9 Å². The molecule has 110 valence electrons. The molecule has 0 aliphatic heterocycles. The van der Waals surface area contributed by atoms with Crippen molar-refractivity contribution < 1.29 is 18.1 Å². The van der Waals surface area contributed by atoms with Gasteiger partial charge in [0, 0.05) is 6.07 Å². The zero-order chi connectivity index (χ0) is 15.5. The lowest BCUT2D eigenvalue weighted by atomic mass is 10.2. The van der Waals surface area contributed by atoms with Crippen LogP contribution in [-0.2, 0) is 10.0 Å². The maximum atomic E-state index is 11.3. The Morgan fingerprint density at radius 3 is 2.33 bits per heavy atom. The van der Waals surface area contributed by atoms with Gasteiger partial charge in [-0.15, -0.1) is 0 Å². The number of sulfonamides is 1. The molecule has 0 atom stereocenters. The highest BCUT2D eigenvalue weighted by Gasteiger charge is 2.21. The van der Waals surface area contributed by atoms with Gasteiger partial charge in [-0.2, -0.15) is 0 Å². The number of benzene rings is 2. The first-order valence-corrected chi connectivity index (χ1v) is 7.74. The Morgan fingerprint density at radius 1 is 1.10 bits per heavy atom. The molecule has 21 heavy (non-hydrogen) atoms. The molecule has 0 heterocycles. The monoisotopic (exact) mass is 308 g/mol. The molecule has 0 unspecified atom stereocenters. The first-order valence-electron chi connectivity index (χ1n) is 5.85. The van der Waals surface area contributed by atoms with E-state index in [1.165, 1.54) is 18.2 Å². The molecule has 2 aromatic carbocycles. The van der Waals surface area contributed by atoms with Gasteiger partial charge in [0.1, 0.15) is 5.75 Å². The van der Waals surface area contributed by atoms with Crippen molar-refractivity contribution in [3.63, 3.8) is 0 Å². The highest BCUT2D eigenvalue weighted by Crippen LogP contribution is 2.38. The number of nitro benzene ring substituents is 1. The lowest BCUT2D eigenvalue weighted by Crippen LogP contribution is -2.11. The number of rotatable bonds is 5. The minimum Gasteiger partial charge on any atom is -0.448 e. The molecule has 0 aliphatic carbocycles. The Bertz CT molecular complexity index is 759. The summed E-state index contributed by atoms with van der Waals surface area (Å²) < 4.78 is 30.4. The van der Waals surface area contributed by atoms with Gasteiger partial charge in [-0.1, -0.05) is 24.3 Å². The van der Waals surface area contributed by atoms with E-state index in [0.29, 0.717) is 5.75 Å². The van der Waals surface area contributed by atoms with Gasteiger partial charge < -0.3 is 4.74 Å². The molecule has 0 saturated heterocycles. The SMILES string of the molecule is CS(=O)(=O)Nc1cccc([N+](=O)[O-])c1Oc1ccccc1. The average molecular weight is 308 g/mol. The molecule has 1 N–H and O–H groups in total. The second-order valence-corrected chi connectivity index (χ2v) is 5.95. The molecule has 0 bridgehead atoms. The van der Waals surface area contributed by atoms with E-state index in [0.717, 1.165) is 6.26 Å². The van der Waals surface area contributed by atoms with Crippen molar-refractivity contribution in [2.75, 3.05) is 11.0 Å². The fourth-order valence-electron chi connectivity index (χ4n) is 1.66. The van der Waals surface area contributed by atoms with Crippen LogP contribution in [0.1, 0.15) is 0 Å². The predicted molar refractivity (Wildman–Crippen MR) is 78.1 cm³/mol. The summed E-state index contributed by atoms with van der Waals surface area (Å²) in [6.45, 7) is 0. The van der Waals surface area contributed by atoms with Crippen LogP contribution in [0.4, 0.5) is 11.4 Å². The van der Waals surface area contributed by atoms with E-state index in [9.17, 15) is 18.5 Å². The van der Waals surface area contributed by atoms with E-state index >= 15 is 0 Å². The van der Waals surface area contributed by atoms with Crippen molar-refractivity contribution in [3.8, 4) is 11.5 Å². The highest BCUT2D eigenvalue weighted by atomic mass is 32.2. The zero-order valence-corrected chi connectivity index (χ0v) is 11.8. The molecule has 0 aliphatic rings. The largest absolute Gasteiger partial charge is 0.448 e. The van der Waals surface area contributed by atoms with Gasteiger partial charge in [0.2, 0.25) is 15.8 Å². The number of nitrogens with one attached hydrogen (secondary N) is 1. The average Bonchev–Trinajstić information content (AvgIpc) is 2.40. The van der Waals surface area contributed by atoms with Gasteiger partial charge in [-0.05, 0) is 18.2 Å². The van der Waals surface area contributed by atoms with Crippen molar-refractivity contribution in [1.29, 1.82) is 0 Å². The molecule has 0 aromatic heterocycles. The molecule has 8 heteroatoms. The van der Waals surface area contributed by atoms with E-state index in [2.05, 4.69) is 4.72 Å². The number of para-hydroxylation sites is 2. The predicted octanol–water partition coefficient (Wildman–Crippen LogP) is 2.76. The topological polar surface area (TPSA) is 98.5 Å². The third-order valence-corrected chi connectivity index (χ3v) is 3.04. The van der Waals surface area contributed by atoms with Crippen molar-refractivity contribution in [1.82, 2.24) is 0 Å². The van der Waals surface area contributed by atoms with Crippen LogP contribution in [0.2, 0.25) is 0 Å². The van der Waals surface area contributed by atoms with Gasteiger partial charge in [-0.3, -0.25) is 14.8 Å². The van der Waals surface area contributed by atoms with Crippen molar-refractivity contribution in [3.05, 3.63) is 58.6 Å². The summed E-state index contributed by atoms with van der Waals surface area (Å²) in [5, 5.41) is 11.1. The lowest BCUT2D eigenvalue weighted by molar-refractivity contribution is -0.385. The number of hydrogen-bond acceptors (Lipinski definition) is 5. The van der Waals surface area contributed by atoms with Crippen molar-refractivity contribution in [2.45, 2.75) is 0 Å². The summed E-state index contributed by atoms with van der Waals surface area (Å²) in [6.07, 6.45) is 0.956. The molecule has 0 saturated carbocycles. The van der Waals surface area contributed by atoms with Gasteiger partial charge in [0.15, 0.2) is 0 Å². The number of anilines is 1. The van der Waals surface area contributed by atoms with Crippen LogP contribution in [0.5, 0.6) is 11.5 Å². The van der Waals surface area contributed by atoms with Crippen LogP contribution < -0.4 is 9.46 Å². The minimum absolute atomic E-state index is 0.00977. The first kappa shape index (κ1) is 14.8. The normalized spacial score (nSPS) is 10.9. The van der Waals surface area contributed by atoms with Crippen LogP contribution in [0.3, 0.4) is 0 Å². The summed E-state index contributed by atoms with van der Waals surface area (Å²) in [6, 6.07) is 12.4. The standard InChI is InChI=1S/C13H12N2O5S/c1-21(18,19)14-11-8-5-9-12(15(16)17)13(11)20-10-6-3-2-4-7-10/h2-9,14H,1H3. The molecular formula is C13H12N2O5S. The first-order chi connectivity index (χ1) is 9.87. The van der Waals surface area contributed by atoms with E-state index in [4.69, 9.17) is 4.74 Å². The van der Waals surface area contributed by atoms with Crippen molar-refractivity contribution >= 4 is 21.4 Å². The fourth-order valence-corrected chi connectivity index (χ4v) is 2.22. The van der Waals surface area contributed by atoms with Crippen LogP contribution in [-0.4, -0.2) is 19.6 Å². The highest BCUT2D eigenvalue weighted by molar-refractivity contribution is 7.92. The summed E-state index contributed by atoms with van der Waals surface area (Å²) in [7, 11) is -3.59. The summed E-state index contributed by atoms with van der Waals surface area (Å²) >= 11 is 0. The molecule has 0 radical (unpaired) electrons. The van der Waals surface area contributed by atoms with Gasteiger partial charge in [0.25, 0.3) is 0 Å². The number of ether oxygens (including phenoxy) is 1. The minimum atomic E-state index is -3.59. The second-order valence-electron chi connectivity index (χ2n) is 4.20. The molecule has 0 spiro atoms. The summed E-state index contributed by atoms with van der Waals surface area (Å²) in [5.41, 5.74) is -0.317. The lowest BCUT2D eigenvalue weighted by Gasteiger charge is -2.12. The third kappa shape index (κ3) is 3.93. The Morgan fingerprint density at radius 2 is 1.76 bits per heavy atom. The van der Waals surface area contributed by atoms with E-state index in [1.807, 2.05) is 0 Å². The molecule has 0 fully saturated rings. The Hall–Kier alpha value is -2.61. The van der Waals surface area contributed by atoms with Crippen molar-refractivity contribution in [2.24, 2.45) is 0 Å². The van der Waals surface area contributed by atoms with Crippen LogP contribution in [0.15, 0.2) is 48.5 Å². The quantitative estimate of drug-likeness (QED) is 0.676. The molecule has 7 nitrogen and oxygen atoms in total. The van der Waals surface area contributed by atoms with E-state index < -0.39 is 14.9 Å². The third-order valence-electron chi connectivity index (χ3n) is 2.45. The maximum Gasteiger partial charge on any atom is 0.313 e. The number of hydrogen-bond donors (Lipinski definition) is 1. The molecule has 2 rings (SSSR count). The van der Waals surface area contributed by atoms with E-state index in [-0.39, 0.29) is 17.1 Å². The number of nitrogens with zero attached hydrogens (tertiary/aromatic N) is 1. The Labute approximate surface area is 121 Å². The summed E-state index contributed by atoms with van der Waals surface area (Å²) in [5.74, 6) is 0.211.